The number of anilines is 1. The Kier molecular flexibility index (Phi) is 14.4. The van der Waals surface area contributed by atoms with Gasteiger partial charge in [0.2, 0.25) is 5.91 Å². The molecule has 0 saturated heterocycles. The Morgan fingerprint density at radius 1 is 0.698 bits per heavy atom. The van der Waals surface area contributed by atoms with Crippen LogP contribution in [-0.4, -0.2) is 63.4 Å². The standard InChI is InChI=1S/C52H54N4O7/c1-6-35(2)49(53-52(59)63-33-45-43-23-15-13-21-41(43)42-22-14-16-24-44(42)45)51(58)56(46-30-29-40(60-4)31-47(46)61-5)32-36-25-27-39(28-26-36)62-34-48(57)54-55(3)50(37-17-9-7-10-18-37)38-19-11-8-12-20-38/h7-31,35,45,49-50H,6,32-34H2,1-5H3,(H,53,59)(H,54,57)/t35-,49-/m0/s1. The minimum absolute atomic E-state index is 0.117. The largest absolute Gasteiger partial charge is 0.497 e. The molecule has 11 heteroatoms. The number of amides is 3. The van der Waals surface area contributed by atoms with E-state index in [1.807, 2.05) is 118 Å². The van der Waals surface area contributed by atoms with Crippen molar-refractivity contribution in [3.63, 3.8) is 0 Å². The van der Waals surface area contributed by atoms with Gasteiger partial charge in [-0.25, -0.2) is 9.80 Å². The molecule has 0 radical (unpaired) electrons. The lowest BCUT2D eigenvalue weighted by Crippen LogP contribution is -2.52. The van der Waals surface area contributed by atoms with E-state index in [2.05, 4.69) is 35.0 Å². The van der Waals surface area contributed by atoms with Crippen LogP contribution in [0.5, 0.6) is 17.2 Å². The van der Waals surface area contributed by atoms with E-state index in [1.54, 1.807) is 47.4 Å². The number of carbonyl (C=O) groups is 3. The highest BCUT2D eigenvalue weighted by Crippen LogP contribution is 2.44. The van der Waals surface area contributed by atoms with Crippen molar-refractivity contribution in [1.29, 1.82) is 0 Å². The second-order valence-electron chi connectivity index (χ2n) is 15.6. The van der Waals surface area contributed by atoms with E-state index in [4.69, 9.17) is 18.9 Å². The van der Waals surface area contributed by atoms with Gasteiger partial charge in [-0.2, -0.15) is 0 Å². The lowest BCUT2D eigenvalue weighted by Gasteiger charge is -2.31. The predicted molar refractivity (Wildman–Crippen MR) is 245 cm³/mol. The van der Waals surface area contributed by atoms with Crippen molar-refractivity contribution < 1.29 is 33.3 Å². The van der Waals surface area contributed by atoms with Crippen LogP contribution in [0.1, 0.15) is 60.0 Å². The Labute approximate surface area is 369 Å². The summed E-state index contributed by atoms with van der Waals surface area (Å²) in [5.74, 6) is 0.425. The molecule has 0 heterocycles. The maximum atomic E-state index is 14.9. The molecule has 11 nitrogen and oxygen atoms in total. The summed E-state index contributed by atoms with van der Waals surface area (Å²) in [6.07, 6.45) is -0.0630. The third kappa shape index (κ3) is 10.3. The maximum Gasteiger partial charge on any atom is 0.407 e. The number of carbonyl (C=O) groups excluding carboxylic acids is 3. The second-order valence-corrected chi connectivity index (χ2v) is 15.6. The molecule has 0 bridgehead atoms. The second kappa shape index (κ2) is 20.6. The molecule has 6 aromatic rings. The average molecular weight is 847 g/mol. The molecule has 0 aliphatic heterocycles. The normalized spacial score (nSPS) is 12.7. The summed E-state index contributed by atoms with van der Waals surface area (Å²) >= 11 is 0. The Bertz CT molecular complexity index is 2400. The number of methoxy groups -OCH3 is 2. The van der Waals surface area contributed by atoms with Crippen LogP contribution in [0.4, 0.5) is 10.5 Å². The fourth-order valence-electron chi connectivity index (χ4n) is 8.13. The first-order valence-corrected chi connectivity index (χ1v) is 21.2. The first-order valence-electron chi connectivity index (χ1n) is 21.2. The molecule has 6 aromatic carbocycles. The van der Waals surface area contributed by atoms with Gasteiger partial charge in [0.15, 0.2) is 6.61 Å². The maximum absolute atomic E-state index is 14.9. The van der Waals surface area contributed by atoms with Gasteiger partial charge in [-0.3, -0.25) is 15.0 Å². The number of nitrogens with zero attached hydrogens (tertiary/aromatic N) is 2. The number of hydrogen-bond donors (Lipinski definition) is 2. The topological polar surface area (TPSA) is 119 Å². The summed E-state index contributed by atoms with van der Waals surface area (Å²) in [7, 11) is 4.93. The third-order valence-corrected chi connectivity index (χ3v) is 11.6. The van der Waals surface area contributed by atoms with Crippen molar-refractivity contribution >= 4 is 23.6 Å². The number of hydrazine groups is 1. The van der Waals surface area contributed by atoms with Crippen molar-refractivity contribution in [2.75, 3.05) is 39.4 Å². The van der Waals surface area contributed by atoms with E-state index >= 15 is 0 Å². The van der Waals surface area contributed by atoms with Crippen molar-refractivity contribution in [1.82, 2.24) is 15.8 Å². The lowest BCUT2D eigenvalue weighted by atomic mass is 9.97. The van der Waals surface area contributed by atoms with E-state index in [-0.39, 0.29) is 49.5 Å². The Hall–Kier alpha value is -7.11. The van der Waals surface area contributed by atoms with Gasteiger partial charge in [0.1, 0.15) is 29.9 Å². The molecule has 1 aliphatic carbocycles. The number of nitrogens with one attached hydrogen (secondary N) is 2. The molecule has 324 valence electrons. The summed E-state index contributed by atoms with van der Waals surface area (Å²) in [6, 6.07) is 47.6. The van der Waals surface area contributed by atoms with Gasteiger partial charge in [0, 0.05) is 19.0 Å². The number of alkyl carbamates (subject to hydrolysis) is 1. The van der Waals surface area contributed by atoms with Gasteiger partial charge in [-0.05, 0) is 69.1 Å². The van der Waals surface area contributed by atoms with Crippen LogP contribution in [0, 0.1) is 5.92 Å². The molecule has 0 spiro atoms. The fourth-order valence-corrected chi connectivity index (χ4v) is 8.13. The highest BCUT2D eigenvalue weighted by molar-refractivity contribution is 6.00. The highest BCUT2D eigenvalue weighted by Gasteiger charge is 2.34. The summed E-state index contributed by atoms with van der Waals surface area (Å²) in [5.41, 5.74) is 10.8. The van der Waals surface area contributed by atoms with E-state index in [0.717, 1.165) is 38.9 Å². The smallest absolute Gasteiger partial charge is 0.407 e. The molecule has 7 rings (SSSR count). The van der Waals surface area contributed by atoms with E-state index in [9.17, 15) is 14.4 Å². The Morgan fingerprint density at radius 2 is 1.27 bits per heavy atom. The van der Waals surface area contributed by atoms with Crippen molar-refractivity contribution in [3.05, 3.63) is 179 Å². The molecule has 0 saturated carbocycles. The third-order valence-electron chi connectivity index (χ3n) is 11.6. The van der Waals surface area contributed by atoms with E-state index in [0.29, 0.717) is 29.4 Å². The van der Waals surface area contributed by atoms with Crippen LogP contribution in [0.15, 0.2) is 152 Å². The van der Waals surface area contributed by atoms with E-state index in [1.165, 1.54) is 7.11 Å². The van der Waals surface area contributed by atoms with Gasteiger partial charge in [-0.15, -0.1) is 0 Å². The van der Waals surface area contributed by atoms with Crippen molar-refractivity contribution in [3.8, 4) is 28.4 Å². The van der Waals surface area contributed by atoms with Crippen LogP contribution in [0.3, 0.4) is 0 Å². The van der Waals surface area contributed by atoms with Gasteiger partial charge >= 0.3 is 6.09 Å². The molecule has 3 amide bonds. The van der Waals surface area contributed by atoms with E-state index < -0.39 is 12.1 Å². The molecule has 2 N–H and O–H groups in total. The minimum atomic E-state index is -0.930. The number of benzene rings is 6. The quantitative estimate of drug-likeness (QED) is 0.0823. The molecule has 2 atom stereocenters. The van der Waals surface area contributed by atoms with Gasteiger partial charge in [0.05, 0.1) is 32.5 Å². The van der Waals surface area contributed by atoms with Gasteiger partial charge < -0.3 is 29.2 Å². The van der Waals surface area contributed by atoms with Gasteiger partial charge in [-0.1, -0.05) is 142 Å². The number of fused-ring (bicyclic) bond motifs is 3. The average Bonchev–Trinajstić information content (AvgIpc) is 3.65. The van der Waals surface area contributed by atoms with Crippen LogP contribution in [0.25, 0.3) is 11.1 Å². The molecular formula is C52H54N4O7. The Morgan fingerprint density at radius 3 is 1.84 bits per heavy atom. The SMILES string of the molecule is CC[C@H](C)[C@H](NC(=O)OCC1c2ccccc2-c2ccccc21)C(=O)N(Cc1ccc(OCC(=O)NN(C)C(c2ccccc2)c2ccccc2)cc1)c1ccc(OC)cc1OC. The van der Waals surface area contributed by atoms with Gasteiger partial charge in [0.25, 0.3) is 5.91 Å². The summed E-state index contributed by atoms with van der Waals surface area (Å²) < 4.78 is 23.1. The lowest BCUT2D eigenvalue weighted by molar-refractivity contribution is -0.128. The molecule has 0 aromatic heterocycles. The summed E-state index contributed by atoms with van der Waals surface area (Å²) in [6.45, 7) is 3.94. The number of ether oxygens (including phenoxy) is 4. The predicted octanol–water partition coefficient (Wildman–Crippen LogP) is 9.32. The first kappa shape index (κ1) is 44.0. The summed E-state index contributed by atoms with van der Waals surface area (Å²) in [5, 5.41) is 4.72. The molecule has 63 heavy (non-hydrogen) atoms. The van der Waals surface area contributed by atoms with Crippen molar-refractivity contribution in [2.24, 2.45) is 5.92 Å². The molecule has 1 aliphatic rings. The van der Waals surface area contributed by atoms with Crippen LogP contribution in [-0.2, 0) is 20.9 Å². The van der Waals surface area contributed by atoms with Crippen LogP contribution in [0.2, 0.25) is 0 Å². The number of rotatable bonds is 18. The fraction of sp³-hybridized carbons (Fsp3) is 0.250. The highest BCUT2D eigenvalue weighted by atomic mass is 16.5. The monoisotopic (exact) mass is 846 g/mol. The molecule has 0 unspecified atom stereocenters. The minimum Gasteiger partial charge on any atom is -0.497 e. The number of hydrogen-bond acceptors (Lipinski definition) is 8. The van der Waals surface area contributed by atoms with Crippen molar-refractivity contribution in [2.45, 2.75) is 44.8 Å². The van der Waals surface area contributed by atoms with Crippen LogP contribution < -0.4 is 29.9 Å². The Balaban J connectivity index is 1.04. The molecular weight excluding hydrogens is 793 g/mol. The zero-order valence-corrected chi connectivity index (χ0v) is 36.3. The first-order chi connectivity index (χ1) is 30.7. The zero-order chi connectivity index (χ0) is 44.3. The summed E-state index contributed by atoms with van der Waals surface area (Å²) in [4.78, 5) is 43.3. The molecule has 0 fully saturated rings. The zero-order valence-electron chi connectivity index (χ0n) is 36.3. The van der Waals surface area contributed by atoms with Crippen LogP contribution >= 0.6 is 0 Å².